The molecule has 0 spiro atoms. The van der Waals surface area contributed by atoms with E-state index in [0.29, 0.717) is 22.3 Å². The molecule has 3 rings (SSSR count). The van der Waals surface area contributed by atoms with Gasteiger partial charge in [-0.25, -0.2) is 4.98 Å². The molecule has 1 aromatic heterocycles. The van der Waals surface area contributed by atoms with Gasteiger partial charge in [0.25, 0.3) is 0 Å². The van der Waals surface area contributed by atoms with Crippen molar-refractivity contribution >= 4 is 22.7 Å². The van der Waals surface area contributed by atoms with Crippen LogP contribution in [0.4, 0.5) is 11.8 Å². The molecule has 0 atom stereocenters. The Bertz CT molecular complexity index is 770. The lowest BCUT2D eigenvalue weighted by atomic mass is 10.00. The summed E-state index contributed by atoms with van der Waals surface area (Å²) in [6.45, 7) is 0. The van der Waals surface area contributed by atoms with Crippen LogP contribution < -0.4 is 11.5 Å². The van der Waals surface area contributed by atoms with Gasteiger partial charge in [0.15, 0.2) is 0 Å². The summed E-state index contributed by atoms with van der Waals surface area (Å²) in [5.74, 6) is 0.631. The lowest BCUT2D eigenvalue weighted by Crippen LogP contribution is -2.01. The van der Waals surface area contributed by atoms with E-state index in [0.717, 1.165) is 5.56 Å². The Morgan fingerprint density at radius 1 is 0.842 bits per heavy atom. The third kappa shape index (κ3) is 1.81. The number of anilines is 2. The van der Waals surface area contributed by atoms with Crippen molar-refractivity contribution in [3.63, 3.8) is 0 Å². The minimum absolute atomic E-state index is 0.138. The van der Waals surface area contributed by atoms with Crippen LogP contribution in [0.2, 0.25) is 0 Å². The van der Waals surface area contributed by atoms with Gasteiger partial charge < -0.3 is 16.6 Å². The number of rotatable bonds is 1. The molecule has 94 valence electrons. The molecule has 2 aromatic carbocycles. The van der Waals surface area contributed by atoms with Crippen molar-refractivity contribution in [2.45, 2.75) is 0 Å². The van der Waals surface area contributed by atoms with Gasteiger partial charge in [-0.2, -0.15) is 4.98 Å². The molecule has 0 aliphatic carbocycles. The van der Waals surface area contributed by atoms with Gasteiger partial charge in [-0.3, -0.25) is 0 Å². The molecule has 0 bridgehead atoms. The van der Waals surface area contributed by atoms with E-state index in [9.17, 15) is 5.11 Å². The van der Waals surface area contributed by atoms with E-state index in [2.05, 4.69) is 9.97 Å². The first-order chi connectivity index (χ1) is 9.16. The molecule has 19 heavy (non-hydrogen) atoms. The Labute approximate surface area is 109 Å². The van der Waals surface area contributed by atoms with Gasteiger partial charge in [0.2, 0.25) is 5.95 Å². The lowest BCUT2D eigenvalue weighted by Gasteiger charge is -2.10. The number of phenols is 1. The molecular formula is C14H12N4O. The van der Waals surface area contributed by atoms with Crippen molar-refractivity contribution in [3.05, 3.63) is 42.5 Å². The zero-order valence-electron chi connectivity index (χ0n) is 10.0. The summed E-state index contributed by atoms with van der Waals surface area (Å²) in [7, 11) is 0. The number of para-hydroxylation sites is 1. The van der Waals surface area contributed by atoms with Crippen molar-refractivity contribution in [1.82, 2.24) is 9.97 Å². The fourth-order valence-electron chi connectivity index (χ4n) is 2.16. The summed E-state index contributed by atoms with van der Waals surface area (Å²) < 4.78 is 0. The Morgan fingerprint density at radius 2 is 1.58 bits per heavy atom. The van der Waals surface area contributed by atoms with Gasteiger partial charge in [-0.15, -0.1) is 0 Å². The van der Waals surface area contributed by atoms with Crippen LogP contribution in [-0.2, 0) is 0 Å². The van der Waals surface area contributed by atoms with Crippen LogP contribution in [0.1, 0.15) is 0 Å². The van der Waals surface area contributed by atoms with Gasteiger partial charge in [-0.05, 0) is 17.7 Å². The van der Waals surface area contributed by atoms with E-state index in [1.54, 1.807) is 12.1 Å². The van der Waals surface area contributed by atoms with Crippen LogP contribution in [0.15, 0.2) is 42.5 Å². The number of hydrogen-bond donors (Lipinski definition) is 3. The third-order valence-corrected chi connectivity index (χ3v) is 2.96. The maximum atomic E-state index is 9.96. The quantitative estimate of drug-likeness (QED) is 0.616. The number of fused-ring (bicyclic) bond motifs is 1. The first-order valence-electron chi connectivity index (χ1n) is 5.77. The number of aromatic hydroxyl groups is 1. The standard InChI is InChI=1S/C14H12N4O/c15-13-12-9(8-4-1-2-7-11(8)19)5-3-6-10(12)17-14(16)18-13/h1-7,19H,(H4,15,16,17,18). The number of aromatic nitrogens is 2. The molecule has 0 saturated heterocycles. The maximum Gasteiger partial charge on any atom is 0.222 e. The molecule has 5 N–H and O–H groups in total. The molecule has 0 saturated carbocycles. The molecule has 1 heterocycles. The second kappa shape index (κ2) is 4.13. The van der Waals surface area contributed by atoms with E-state index in [-0.39, 0.29) is 11.7 Å². The zero-order valence-corrected chi connectivity index (χ0v) is 10.0. The van der Waals surface area contributed by atoms with Crippen molar-refractivity contribution < 1.29 is 5.11 Å². The molecule has 0 fully saturated rings. The zero-order chi connectivity index (χ0) is 13.4. The average Bonchev–Trinajstić information content (AvgIpc) is 2.38. The summed E-state index contributed by atoms with van der Waals surface area (Å²) in [5, 5.41) is 10.7. The third-order valence-electron chi connectivity index (χ3n) is 2.96. The number of nitrogens with zero attached hydrogens (tertiary/aromatic N) is 2. The predicted molar refractivity (Wildman–Crippen MR) is 75.5 cm³/mol. The molecular weight excluding hydrogens is 240 g/mol. The minimum atomic E-state index is 0.138. The summed E-state index contributed by atoms with van der Waals surface area (Å²) in [4.78, 5) is 8.14. The number of nitrogen functional groups attached to an aromatic ring is 2. The maximum absolute atomic E-state index is 9.96. The highest BCUT2D eigenvalue weighted by atomic mass is 16.3. The van der Waals surface area contributed by atoms with Crippen LogP contribution in [0.3, 0.4) is 0 Å². The second-order valence-corrected chi connectivity index (χ2v) is 4.18. The predicted octanol–water partition coefficient (Wildman–Crippen LogP) is 2.17. The molecule has 0 aliphatic rings. The molecule has 5 nitrogen and oxygen atoms in total. The summed E-state index contributed by atoms with van der Waals surface area (Å²) in [6.07, 6.45) is 0. The Morgan fingerprint density at radius 3 is 2.37 bits per heavy atom. The number of hydrogen-bond acceptors (Lipinski definition) is 5. The Balaban J connectivity index is 2.40. The molecule has 0 amide bonds. The largest absolute Gasteiger partial charge is 0.507 e. The lowest BCUT2D eigenvalue weighted by molar-refractivity contribution is 0.477. The Hall–Kier alpha value is -2.82. The highest BCUT2D eigenvalue weighted by molar-refractivity contribution is 6.02. The van der Waals surface area contributed by atoms with Crippen molar-refractivity contribution in [1.29, 1.82) is 0 Å². The van der Waals surface area contributed by atoms with E-state index in [1.165, 1.54) is 0 Å². The van der Waals surface area contributed by atoms with Crippen LogP contribution in [-0.4, -0.2) is 15.1 Å². The number of nitrogens with two attached hydrogens (primary N) is 2. The normalized spacial score (nSPS) is 10.7. The first kappa shape index (κ1) is 11.3. The molecule has 5 heteroatoms. The van der Waals surface area contributed by atoms with Crippen molar-refractivity contribution in [3.8, 4) is 16.9 Å². The van der Waals surface area contributed by atoms with Gasteiger partial charge >= 0.3 is 0 Å². The van der Waals surface area contributed by atoms with E-state index >= 15 is 0 Å². The summed E-state index contributed by atoms with van der Waals surface area (Å²) in [5.41, 5.74) is 13.7. The van der Waals surface area contributed by atoms with E-state index in [4.69, 9.17) is 11.5 Å². The average molecular weight is 252 g/mol. The van der Waals surface area contributed by atoms with Crippen molar-refractivity contribution in [2.75, 3.05) is 11.5 Å². The molecule has 0 unspecified atom stereocenters. The smallest absolute Gasteiger partial charge is 0.222 e. The van der Waals surface area contributed by atoms with E-state index in [1.807, 2.05) is 30.3 Å². The monoisotopic (exact) mass is 252 g/mol. The van der Waals surface area contributed by atoms with Gasteiger partial charge in [0.05, 0.1) is 10.9 Å². The van der Waals surface area contributed by atoms with Crippen LogP contribution in [0.25, 0.3) is 22.0 Å². The molecule has 0 aliphatic heterocycles. The summed E-state index contributed by atoms with van der Waals surface area (Å²) >= 11 is 0. The minimum Gasteiger partial charge on any atom is -0.507 e. The van der Waals surface area contributed by atoms with Crippen LogP contribution >= 0.6 is 0 Å². The van der Waals surface area contributed by atoms with Crippen molar-refractivity contribution in [2.24, 2.45) is 0 Å². The number of benzene rings is 2. The van der Waals surface area contributed by atoms with Crippen LogP contribution in [0.5, 0.6) is 5.75 Å². The fraction of sp³-hybridized carbons (Fsp3) is 0. The highest BCUT2D eigenvalue weighted by Gasteiger charge is 2.12. The van der Waals surface area contributed by atoms with Gasteiger partial charge in [0.1, 0.15) is 11.6 Å². The van der Waals surface area contributed by atoms with E-state index < -0.39 is 0 Å². The fourth-order valence-corrected chi connectivity index (χ4v) is 2.16. The second-order valence-electron chi connectivity index (χ2n) is 4.18. The highest BCUT2D eigenvalue weighted by Crippen LogP contribution is 2.35. The molecule has 3 aromatic rings. The Kier molecular flexibility index (Phi) is 2.45. The first-order valence-corrected chi connectivity index (χ1v) is 5.77. The van der Waals surface area contributed by atoms with Gasteiger partial charge in [0, 0.05) is 5.56 Å². The number of phenolic OH excluding ortho intramolecular Hbond substituents is 1. The summed E-state index contributed by atoms with van der Waals surface area (Å²) in [6, 6.07) is 12.6. The SMILES string of the molecule is Nc1nc(N)c2c(-c3ccccc3O)cccc2n1. The topological polar surface area (TPSA) is 98.0 Å². The molecule has 0 radical (unpaired) electrons. The van der Waals surface area contributed by atoms with Crippen LogP contribution in [0, 0.1) is 0 Å². The van der Waals surface area contributed by atoms with Gasteiger partial charge in [-0.1, -0.05) is 30.3 Å².